The number of primary amides is 1. The standard InChI is InChI=1S/C15H14F3N3O/c1-9(10-3-2-4-12(7-10)15(16,17)18)21-13-8-11(14(19)22)5-6-20-13/h2-9H,1H3,(H2,19,22)(H,20,21). The number of rotatable bonds is 4. The zero-order chi connectivity index (χ0) is 16.3. The lowest BCUT2D eigenvalue weighted by atomic mass is 10.0. The third-order valence-corrected chi connectivity index (χ3v) is 3.12. The van der Waals surface area contributed by atoms with E-state index in [0.717, 1.165) is 12.1 Å². The second-order valence-electron chi connectivity index (χ2n) is 4.78. The van der Waals surface area contributed by atoms with Crippen LogP contribution in [0, 0.1) is 0 Å². The molecule has 1 amide bonds. The molecule has 3 N–H and O–H groups in total. The summed E-state index contributed by atoms with van der Waals surface area (Å²) < 4.78 is 38.1. The first-order chi connectivity index (χ1) is 10.3. The van der Waals surface area contributed by atoms with Crippen molar-refractivity contribution in [2.75, 3.05) is 5.32 Å². The summed E-state index contributed by atoms with van der Waals surface area (Å²) in [7, 11) is 0. The van der Waals surface area contributed by atoms with Crippen LogP contribution in [-0.4, -0.2) is 10.9 Å². The molecular weight excluding hydrogens is 295 g/mol. The van der Waals surface area contributed by atoms with Crippen molar-refractivity contribution in [3.8, 4) is 0 Å². The van der Waals surface area contributed by atoms with Crippen molar-refractivity contribution in [3.63, 3.8) is 0 Å². The highest BCUT2D eigenvalue weighted by atomic mass is 19.4. The monoisotopic (exact) mass is 309 g/mol. The Morgan fingerprint density at radius 1 is 1.27 bits per heavy atom. The van der Waals surface area contributed by atoms with Crippen LogP contribution < -0.4 is 11.1 Å². The molecule has 0 spiro atoms. The van der Waals surface area contributed by atoms with Crippen LogP contribution in [-0.2, 0) is 6.18 Å². The maximum Gasteiger partial charge on any atom is 0.416 e. The van der Waals surface area contributed by atoms with Gasteiger partial charge in [0.15, 0.2) is 0 Å². The van der Waals surface area contributed by atoms with Crippen molar-refractivity contribution in [2.45, 2.75) is 19.1 Å². The van der Waals surface area contributed by atoms with E-state index in [2.05, 4.69) is 10.3 Å². The number of carbonyl (C=O) groups is 1. The van der Waals surface area contributed by atoms with Crippen molar-refractivity contribution in [3.05, 3.63) is 59.3 Å². The molecule has 0 saturated heterocycles. The molecule has 7 heteroatoms. The number of amides is 1. The lowest BCUT2D eigenvalue weighted by Crippen LogP contribution is -2.13. The maximum absolute atomic E-state index is 12.7. The topological polar surface area (TPSA) is 68.0 Å². The van der Waals surface area contributed by atoms with Gasteiger partial charge in [-0.25, -0.2) is 4.98 Å². The molecule has 0 radical (unpaired) electrons. The van der Waals surface area contributed by atoms with Gasteiger partial charge in [-0.05, 0) is 36.8 Å². The molecule has 0 aliphatic heterocycles. The summed E-state index contributed by atoms with van der Waals surface area (Å²) in [6, 6.07) is 7.53. The van der Waals surface area contributed by atoms with Crippen LogP contribution in [0.1, 0.15) is 34.5 Å². The van der Waals surface area contributed by atoms with Crippen molar-refractivity contribution >= 4 is 11.7 Å². The number of nitrogens with two attached hydrogens (primary N) is 1. The van der Waals surface area contributed by atoms with E-state index in [0.29, 0.717) is 11.4 Å². The fraction of sp³-hybridized carbons (Fsp3) is 0.200. The number of benzene rings is 1. The Bertz CT molecular complexity index is 686. The number of aromatic nitrogens is 1. The smallest absolute Gasteiger partial charge is 0.366 e. The van der Waals surface area contributed by atoms with Crippen molar-refractivity contribution in [2.24, 2.45) is 5.73 Å². The number of carbonyl (C=O) groups excluding carboxylic acids is 1. The molecule has 0 aliphatic rings. The van der Waals surface area contributed by atoms with E-state index in [4.69, 9.17) is 5.73 Å². The number of hydrogen-bond donors (Lipinski definition) is 2. The van der Waals surface area contributed by atoms with Crippen LogP contribution >= 0.6 is 0 Å². The van der Waals surface area contributed by atoms with Gasteiger partial charge >= 0.3 is 6.18 Å². The number of halogens is 3. The molecule has 1 aromatic heterocycles. The molecule has 2 rings (SSSR count). The Morgan fingerprint density at radius 2 is 2.00 bits per heavy atom. The van der Waals surface area contributed by atoms with Crippen LogP contribution in [0.5, 0.6) is 0 Å². The Morgan fingerprint density at radius 3 is 2.64 bits per heavy atom. The quantitative estimate of drug-likeness (QED) is 0.910. The van der Waals surface area contributed by atoms with Crippen molar-refractivity contribution < 1.29 is 18.0 Å². The number of pyridine rings is 1. The van der Waals surface area contributed by atoms with Gasteiger partial charge in [-0.2, -0.15) is 13.2 Å². The minimum atomic E-state index is -4.39. The van der Waals surface area contributed by atoms with Gasteiger partial charge < -0.3 is 11.1 Å². The van der Waals surface area contributed by atoms with E-state index in [1.807, 2.05) is 0 Å². The normalized spacial score (nSPS) is 12.7. The molecule has 1 atom stereocenters. The largest absolute Gasteiger partial charge is 0.416 e. The summed E-state index contributed by atoms with van der Waals surface area (Å²) in [5.41, 5.74) is 5.19. The molecule has 116 valence electrons. The first kappa shape index (κ1) is 15.8. The molecule has 22 heavy (non-hydrogen) atoms. The highest BCUT2D eigenvalue weighted by molar-refractivity contribution is 5.93. The lowest BCUT2D eigenvalue weighted by Gasteiger charge is -2.17. The van der Waals surface area contributed by atoms with Gasteiger partial charge in [0.2, 0.25) is 5.91 Å². The summed E-state index contributed by atoms with van der Waals surface area (Å²) in [5, 5.41) is 2.95. The Hall–Kier alpha value is -2.57. The van der Waals surface area contributed by atoms with Crippen LogP contribution in [0.4, 0.5) is 19.0 Å². The first-order valence-corrected chi connectivity index (χ1v) is 6.47. The molecule has 1 aromatic carbocycles. The highest BCUT2D eigenvalue weighted by Gasteiger charge is 2.30. The lowest BCUT2D eigenvalue weighted by molar-refractivity contribution is -0.137. The molecule has 4 nitrogen and oxygen atoms in total. The number of alkyl halides is 3. The number of anilines is 1. The maximum atomic E-state index is 12.7. The van der Waals surface area contributed by atoms with E-state index < -0.39 is 23.7 Å². The number of hydrogen-bond acceptors (Lipinski definition) is 3. The second-order valence-corrected chi connectivity index (χ2v) is 4.78. The van der Waals surface area contributed by atoms with Gasteiger partial charge in [0.1, 0.15) is 5.82 Å². The van der Waals surface area contributed by atoms with Crippen LogP contribution in [0.3, 0.4) is 0 Å². The average Bonchev–Trinajstić information content (AvgIpc) is 2.46. The van der Waals surface area contributed by atoms with E-state index in [-0.39, 0.29) is 5.56 Å². The molecule has 0 bridgehead atoms. The third kappa shape index (κ3) is 3.75. The Kier molecular flexibility index (Phi) is 4.35. The molecule has 0 fully saturated rings. The summed E-state index contributed by atoms with van der Waals surface area (Å²) >= 11 is 0. The molecule has 1 unspecified atom stereocenters. The first-order valence-electron chi connectivity index (χ1n) is 6.47. The van der Waals surface area contributed by atoms with Gasteiger partial charge in [-0.1, -0.05) is 12.1 Å². The zero-order valence-electron chi connectivity index (χ0n) is 11.7. The van der Waals surface area contributed by atoms with E-state index in [1.54, 1.807) is 13.0 Å². The molecular formula is C15H14F3N3O. The summed E-state index contributed by atoms with van der Waals surface area (Å²) in [5.74, 6) is -0.238. The van der Waals surface area contributed by atoms with E-state index in [9.17, 15) is 18.0 Å². The predicted octanol–water partition coefficient (Wildman–Crippen LogP) is 3.37. The van der Waals surface area contributed by atoms with Gasteiger partial charge in [0, 0.05) is 17.8 Å². The van der Waals surface area contributed by atoms with Crippen LogP contribution in [0.2, 0.25) is 0 Å². The Labute approximate surface area is 125 Å². The zero-order valence-corrected chi connectivity index (χ0v) is 11.7. The summed E-state index contributed by atoms with van der Waals surface area (Å²) in [6.45, 7) is 1.70. The molecule has 0 aliphatic carbocycles. The number of nitrogens with zero attached hydrogens (tertiary/aromatic N) is 1. The van der Waals surface area contributed by atoms with Gasteiger partial charge in [-0.15, -0.1) is 0 Å². The minimum absolute atomic E-state index is 0.272. The van der Waals surface area contributed by atoms with Gasteiger partial charge in [0.05, 0.1) is 5.56 Å². The van der Waals surface area contributed by atoms with Crippen LogP contribution in [0.15, 0.2) is 42.6 Å². The van der Waals surface area contributed by atoms with Crippen molar-refractivity contribution in [1.82, 2.24) is 4.98 Å². The summed E-state index contributed by atoms with van der Waals surface area (Å²) in [6.07, 6.45) is -2.98. The van der Waals surface area contributed by atoms with Crippen molar-refractivity contribution in [1.29, 1.82) is 0 Å². The highest BCUT2D eigenvalue weighted by Crippen LogP contribution is 2.31. The number of nitrogens with one attached hydrogen (secondary N) is 1. The van der Waals surface area contributed by atoms with Gasteiger partial charge in [-0.3, -0.25) is 4.79 Å². The Balaban J connectivity index is 2.20. The average molecular weight is 309 g/mol. The van der Waals surface area contributed by atoms with E-state index >= 15 is 0 Å². The third-order valence-electron chi connectivity index (χ3n) is 3.12. The van der Waals surface area contributed by atoms with Gasteiger partial charge in [0.25, 0.3) is 0 Å². The van der Waals surface area contributed by atoms with E-state index in [1.165, 1.54) is 24.4 Å². The fourth-order valence-corrected chi connectivity index (χ4v) is 1.95. The minimum Gasteiger partial charge on any atom is -0.366 e. The summed E-state index contributed by atoms with van der Waals surface area (Å²) in [4.78, 5) is 15.1. The predicted molar refractivity (Wildman–Crippen MR) is 76.2 cm³/mol. The van der Waals surface area contributed by atoms with Crippen LogP contribution in [0.25, 0.3) is 0 Å². The molecule has 2 aromatic rings. The second kappa shape index (κ2) is 6.05. The molecule has 1 heterocycles. The SMILES string of the molecule is CC(Nc1cc(C(N)=O)ccn1)c1cccc(C(F)(F)F)c1. The fourth-order valence-electron chi connectivity index (χ4n) is 1.95. The molecule has 0 saturated carbocycles.